The molecule has 0 spiro atoms. The molecule has 12 heavy (non-hydrogen) atoms. The fourth-order valence-electron chi connectivity index (χ4n) is 0.590. The van der Waals surface area contributed by atoms with Crippen LogP contribution >= 0.6 is 12.2 Å². The number of hydrogen-bond donors (Lipinski definition) is 2. The molecule has 4 nitrogen and oxygen atoms in total. The zero-order chi connectivity index (χ0) is 9.56. The van der Waals surface area contributed by atoms with Gasteiger partial charge in [-0.15, -0.1) is 0 Å². The summed E-state index contributed by atoms with van der Waals surface area (Å²) in [4.78, 5) is 9.77. The lowest BCUT2D eigenvalue weighted by Crippen LogP contribution is -2.44. The van der Waals surface area contributed by atoms with E-state index in [4.69, 9.17) is 12.2 Å². The Balaban J connectivity index is 3.61. The number of nitrogens with one attached hydrogen (secondary N) is 2. The summed E-state index contributed by atoms with van der Waals surface area (Å²) in [5.41, 5.74) is 0. The van der Waals surface area contributed by atoms with E-state index in [1.807, 2.05) is 13.8 Å². The van der Waals surface area contributed by atoms with Crippen LogP contribution < -0.4 is 10.6 Å². The van der Waals surface area contributed by atoms with Gasteiger partial charge in [0.1, 0.15) is 0 Å². The summed E-state index contributed by atoms with van der Waals surface area (Å²) in [5.74, 6) is 0. The summed E-state index contributed by atoms with van der Waals surface area (Å²) >= 11 is 4.89. The summed E-state index contributed by atoms with van der Waals surface area (Å²) in [6, 6.07) is 0.261. The maximum Gasteiger partial charge on any atom is 0.419 e. The van der Waals surface area contributed by atoms with Gasteiger partial charge in [-0.2, -0.15) is 0 Å². The second-order valence-corrected chi connectivity index (χ2v) is 3.02. The van der Waals surface area contributed by atoms with Gasteiger partial charge in [-0.25, -0.2) is 4.79 Å². The molecular weight excluding hydrogens is 176 g/mol. The standard InChI is InChI=1S/C7H13N2O2S/c1-5(2)8-7(12)9-6(3)11-4-10/h5-6H,1-3H3,(H2,8,9,12). The van der Waals surface area contributed by atoms with Gasteiger partial charge in [0.25, 0.3) is 0 Å². The van der Waals surface area contributed by atoms with Gasteiger partial charge < -0.3 is 15.4 Å². The van der Waals surface area contributed by atoms with Crippen LogP contribution in [0.1, 0.15) is 20.8 Å². The van der Waals surface area contributed by atoms with E-state index in [1.54, 1.807) is 6.92 Å². The van der Waals surface area contributed by atoms with Crippen LogP contribution in [0.5, 0.6) is 0 Å². The van der Waals surface area contributed by atoms with Gasteiger partial charge in [0.05, 0.1) is 0 Å². The van der Waals surface area contributed by atoms with Gasteiger partial charge in [0, 0.05) is 6.04 Å². The van der Waals surface area contributed by atoms with Crippen molar-refractivity contribution in [3.05, 3.63) is 0 Å². The van der Waals surface area contributed by atoms with Crippen molar-refractivity contribution in [2.24, 2.45) is 0 Å². The molecule has 0 saturated carbocycles. The van der Waals surface area contributed by atoms with Crippen LogP contribution in [-0.2, 0) is 9.53 Å². The van der Waals surface area contributed by atoms with E-state index in [9.17, 15) is 4.79 Å². The molecule has 0 amide bonds. The van der Waals surface area contributed by atoms with E-state index in [-0.39, 0.29) is 6.04 Å². The SMILES string of the molecule is CC(C)NC(=S)NC(C)O[C]=O. The lowest BCUT2D eigenvalue weighted by molar-refractivity contribution is 0.180. The first-order valence-electron chi connectivity index (χ1n) is 3.66. The molecule has 0 aromatic rings. The molecule has 1 unspecified atom stereocenters. The van der Waals surface area contributed by atoms with Crippen LogP contribution in [0, 0.1) is 0 Å². The van der Waals surface area contributed by atoms with Crippen molar-refractivity contribution in [1.29, 1.82) is 0 Å². The molecule has 0 heterocycles. The highest BCUT2D eigenvalue weighted by atomic mass is 32.1. The molecular formula is C7H13N2O2S. The third-order valence-corrected chi connectivity index (χ3v) is 1.21. The molecule has 0 aliphatic rings. The Morgan fingerprint density at radius 1 is 1.42 bits per heavy atom. The lowest BCUT2D eigenvalue weighted by atomic mass is 10.4. The second kappa shape index (κ2) is 5.77. The Morgan fingerprint density at radius 2 is 2.00 bits per heavy atom. The van der Waals surface area contributed by atoms with E-state index in [2.05, 4.69) is 15.4 Å². The highest BCUT2D eigenvalue weighted by molar-refractivity contribution is 7.80. The van der Waals surface area contributed by atoms with Crippen molar-refractivity contribution in [2.75, 3.05) is 0 Å². The molecule has 69 valence electrons. The van der Waals surface area contributed by atoms with Crippen LogP contribution in [-0.4, -0.2) is 23.9 Å². The van der Waals surface area contributed by atoms with Gasteiger partial charge in [0.2, 0.25) is 0 Å². The van der Waals surface area contributed by atoms with Gasteiger partial charge in [-0.05, 0) is 33.0 Å². The van der Waals surface area contributed by atoms with E-state index in [0.717, 1.165) is 0 Å². The quantitative estimate of drug-likeness (QED) is 0.492. The van der Waals surface area contributed by atoms with Gasteiger partial charge in [-0.3, -0.25) is 0 Å². The smallest absolute Gasteiger partial charge is 0.419 e. The summed E-state index contributed by atoms with van der Waals surface area (Å²) in [7, 11) is 0. The first kappa shape index (κ1) is 11.2. The normalized spacial score (nSPS) is 12.0. The molecule has 5 heteroatoms. The van der Waals surface area contributed by atoms with Gasteiger partial charge >= 0.3 is 6.47 Å². The Labute approximate surface area is 77.7 Å². The molecule has 0 aromatic carbocycles. The Morgan fingerprint density at radius 3 is 2.42 bits per heavy atom. The third-order valence-electron chi connectivity index (χ3n) is 0.979. The number of rotatable bonds is 4. The minimum atomic E-state index is -0.443. The monoisotopic (exact) mass is 189 g/mol. The topological polar surface area (TPSA) is 50.4 Å². The number of carbonyl (C=O) groups excluding carboxylic acids is 1. The van der Waals surface area contributed by atoms with Crippen molar-refractivity contribution in [2.45, 2.75) is 33.0 Å². The molecule has 0 bridgehead atoms. The van der Waals surface area contributed by atoms with Crippen molar-refractivity contribution in [1.82, 2.24) is 10.6 Å². The summed E-state index contributed by atoms with van der Waals surface area (Å²) in [5, 5.41) is 6.16. The van der Waals surface area contributed by atoms with Crippen LogP contribution in [0.2, 0.25) is 0 Å². The maximum atomic E-state index is 9.77. The highest BCUT2D eigenvalue weighted by Gasteiger charge is 2.03. The number of ether oxygens (including phenoxy) is 1. The van der Waals surface area contributed by atoms with E-state index >= 15 is 0 Å². The average molecular weight is 189 g/mol. The highest BCUT2D eigenvalue weighted by Crippen LogP contribution is 1.83. The fraction of sp³-hybridized carbons (Fsp3) is 0.714. The molecule has 0 fully saturated rings. The first-order valence-corrected chi connectivity index (χ1v) is 4.07. The van der Waals surface area contributed by atoms with Gasteiger partial charge in [0.15, 0.2) is 11.3 Å². The minimum absolute atomic E-state index is 0.261. The summed E-state index contributed by atoms with van der Waals surface area (Å²) in [6.07, 6.45) is -0.443. The molecule has 0 aromatic heterocycles. The lowest BCUT2D eigenvalue weighted by Gasteiger charge is -2.16. The number of hydrogen-bond acceptors (Lipinski definition) is 3. The molecule has 0 rings (SSSR count). The zero-order valence-corrected chi connectivity index (χ0v) is 8.20. The molecule has 1 radical (unpaired) electrons. The predicted molar refractivity (Wildman–Crippen MR) is 50.2 cm³/mol. The largest absolute Gasteiger partial charge is 0.434 e. The maximum absolute atomic E-state index is 9.77. The molecule has 1 atom stereocenters. The Kier molecular flexibility index (Phi) is 5.36. The second-order valence-electron chi connectivity index (χ2n) is 2.62. The zero-order valence-electron chi connectivity index (χ0n) is 7.38. The Hall–Kier alpha value is -0.840. The van der Waals surface area contributed by atoms with Crippen LogP contribution in [0.3, 0.4) is 0 Å². The van der Waals surface area contributed by atoms with Crippen LogP contribution in [0.15, 0.2) is 0 Å². The van der Waals surface area contributed by atoms with Crippen molar-refractivity contribution < 1.29 is 9.53 Å². The molecule has 0 saturated heterocycles. The summed E-state index contributed by atoms with van der Waals surface area (Å²) in [6.45, 7) is 6.92. The van der Waals surface area contributed by atoms with E-state index in [0.29, 0.717) is 5.11 Å². The number of thiocarbonyl (C=S) groups is 1. The van der Waals surface area contributed by atoms with Crippen molar-refractivity contribution in [3.8, 4) is 0 Å². The predicted octanol–water partition coefficient (Wildman–Crippen LogP) is 0.289. The molecule has 0 aliphatic carbocycles. The molecule has 0 aliphatic heterocycles. The minimum Gasteiger partial charge on any atom is -0.434 e. The average Bonchev–Trinajstić information content (AvgIpc) is 1.84. The summed E-state index contributed by atoms with van der Waals surface area (Å²) < 4.78 is 4.45. The fourth-order valence-corrected chi connectivity index (χ4v) is 0.992. The van der Waals surface area contributed by atoms with E-state index in [1.165, 1.54) is 6.47 Å². The molecule has 2 N–H and O–H groups in total. The first-order chi connectivity index (χ1) is 5.56. The van der Waals surface area contributed by atoms with Crippen LogP contribution in [0.25, 0.3) is 0 Å². The van der Waals surface area contributed by atoms with Crippen LogP contribution in [0.4, 0.5) is 0 Å². The third kappa shape index (κ3) is 5.91. The van der Waals surface area contributed by atoms with Crippen molar-refractivity contribution >= 4 is 23.8 Å². The van der Waals surface area contributed by atoms with Gasteiger partial charge in [-0.1, -0.05) is 0 Å². The Bertz CT molecular complexity index is 161. The van der Waals surface area contributed by atoms with E-state index < -0.39 is 6.23 Å². The van der Waals surface area contributed by atoms with Crippen molar-refractivity contribution in [3.63, 3.8) is 0 Å².